The summed E-state index contributed by atoms with van der Waals surface area (Å²) in [7, 11) is -5.65. The number of rotatable bonds is 4. The molecule has 0 aromatic rings. The smallest absolute Gasteiger partial charge is 0.131 e. The van der Waals surface area contributed by atoms with Gasteiger partial charge in [-0.1, -0.05) is 27.7 Å². The Balaban J connectivity index is 3.54. The summed E-state index contributed by atoms with van der Waals surface area (Å²) in [5.74, 6) is 0. The lowest BCUT2D eigenvalue weighted by atomic mass is 11.7. The second kappa shape index (κ2) is 5.33. The van der Waals surface area contributed by atoms with Crippen LogP contribution in [0.2, 0.25) is 0 Å². The highest BCUT2D eigenvalue weighted by Crippen LogP contribution is 2.38. The van der Waals surface area contributed by atoms with Gasteiger partial charge in [-0.25, -0.2) is 0 Å². The van der Waals surface area contributed by atoms with Gasteiger partial charge in [0, 0.05) is 9.13 Å². The zero-order valence-corrected chi connectivity index (χ0v) is 7.61. The van der Waals surface area contributed by atoms with Crippen molar-refractivity contribution < 1.29 is 22.9 Å². The molecular weight excluding hydrogens is 225 g/mol. The topological polar surface area (TPSA) is 72.8 Å². The Morgan fingerprint density at radius 2 is 1.90 bits per heavy atom. The van der Waals surface area contributed by atoms with Crippen LogP contribution < -0.4 is 0 Å². The van der Waals surface area contributed by atoms with Gasteiger partial charge in [-0.2, -0.15) is 0 Å². The highest BCUT2D eigenvalue weighted by molar-refractivity contribution is 7.47. The van der Waals surface area contributed by atoms with Gasteiger partial charge in [-0.3, -0.25) is 0 Å². The number of hydrogen-bond donors (Lipinski definition) is 1. The standard InChI is InChI=1S/CHCl2O5P2/c2-1(3)7-10(6)8-9(4)5/h1H/q+1/p+1. The maximum atomic E-state index is 10.3. The highest BCUT2D eigenvalue weighted by atomic mass is 35.5. The fourth-order valence-corrected chi connectivity index (χ4v) is 1.27. The van der Waals surface area contributed by atoms with Gasteiger partial charge in [0.15, 0.2) is 4.31 Å². The van der Waals surface area contributed by atoms with E-state index >= 15 is 0 Å². The number of alkyl halides is 2. The van der Waals surface area contributed by atoms with Crippen molar-refractivity contribution in [2.45, 2.75) is 5.02 Å². The van der Waals surface area contributed by atoms with E-state index in [4.69, 9.17) is 28.1 Å². The minimum absolute atomic E-state index is 1.33. The molecule has 0 fully saturated rings. The van der Waals surface area contributed by atoms with Crippen molar-refractivity contribution in [2.24, 2.45) is 0 Å². The molecule has 0 saturated carbocycles. The Labute approximate surface area is 68.1 Å². The van der Waals surface area contributed by atoms with Crippen molar-refractivity contribution in [3.05, 3.63) is 0 Å². The van der Waals surface area contributed by atoms with Gasteiger partial charge >= 0.3 is 16.5 Å². The second-order valence-corrected chi connectivity index (χ2v) is 3.71. The molecule has 0 aliphatic rings. The molecule has 0 radical (unpaired) electrons. The first-order chi connectivity index (χ1) is 4.52. The van der Waals surface area contributed by atoms with Crippen molar-refractivity contribution in [1.82, 2.24) is 0 Å². The van der Waals surface area contributed by atoms with Crippen LogP contribution in [-0.2, 0) is 18.0 Å². The SMILES string of the molecule is O=[P+](O)O[P+](=O)OC(Cl)Cl. The Hall–Kier alpha value is 0.660. The third kappa shape index (κ3) is 6.78. The van der Waals surface area contributed by atoms with Crippen molar-refractivity contribution in [3.8, 4) is 0 Å². The van der Waals surface area contributed by atoms with Crippen LogP contribution in [0.15, 0.2) is 0 Å². The Morgan fingerprint density at radius 1 is 1.40 bits per heavy atom. The molecule has 2 unspecified atom stereocenters. The van der Waals surface area contributed by atoms with Crippen molar-refractivity contribution in [1.29, 1.82) is 0 Å². The van der Waals surface area contributed by atoms with E-state index in [1.54, 1.807) is 0 Å². The first kappa shape index (κ1) is 10.7. The van der Waals surface area contributed by atoms with Crippen LogP contribution in [0.4, 0.5) is 0 Å². The Bertz CT molecular complexity index is 147. The normalized spacial score (nSPS) is 13.6. The fraction of sp³-hybridized carbons (Fsp3) is 1.00. The Morgan fingerprint density at radius 3 is 2.20 bits per heavy atom. The first-order valence-corrected chi connectivity index (χ1v) is 4.88. The van der Waals surface area contributed by atoms with Gasteiger partial charge in [0.2, 0.25) is 0 Å². The van der Waals surface area contributed by atoms with E-state index in [-0.39, 0.29) is 0 Å². The molecule has 0 spiro atoms. The zero-order chi connectivity index (χ0) is 8.15. The van der Waals surface area contributed by atoms with Crippen LogP contribution in [-0.4, -0.2) is 9.92 Å². The molecule has 0 bridgehead atoms. The van der Waals surface area contributed by atoms with Gasteiger partial charge in [0.1, 0.15) is 0 Å². The lowest BCUT2D eigenvalue weighted by Gasteiger charge is -1.81. The molecule has 9 heteroatoms. The van der Waals surface area contributed by atoms with E-state index in [1.807, 2.05) is 0 Å². The van der Waals surface area contributed by atoms with Gasteiger partial charge in [-0.15, -0.1) is 4.89 Å². The molecule has 0 aliphatic carbocycles. The van der Waals surface area contributed by atoms with Crippen LogP contribution in [0.25, 0.3) is 0 Å². The average molecular weight is 227 g/mol. The van der Waals surface area contributed by atoms with Crippen molar-refractivity contribution in [2.75, 3.05) is 0 Å². The van der Waals surface area contributed by atoms with Crippen molar-refractivity contribution >= 4 is 39.7 Å². The predicted molar refractivity (Wildman–Crippen MR) is 35.1 cm³/mol. The molecule has 1 N–H and O–H groups in total. The first-order valence-electron chi connectivity index (χ1n) is 1.79. The molecule has 0 rings (SSSR count). The third-order valence-electron chi connectivity index (χ3n) is 0.302. The number of hydrogen-bond acceptors (Lipinski definition) is 4. The van der Waals surface area contributed by atoms with Gasteiger partial charge < -0.3 is 0 Å². The summed E-state index contributed by atoms with van der Waals surface area (Å²) in [6.45, 7) is 0. The largest absolute Gasteiger partial charge is 0.750 e. The van der Waals surface area contributed by atoms with Crippen LogP contribution in [0, 0.1) is 0 Å². The molecule has 0 saturated heterocycles. The molecular formula is CH2Cl2O5P2+2. The maximum Gasteiger partial charge on any atom is 0.750 e. The lowest BCUT2D eigenvalue weighted by Crippen LogP contribution is -1.85. The highest BCUT2D eigenvalue weighted by Gasteiger charge is 2.38. The van der Waals surface area contributed by atoms with E-state index in [0.717, 1.165) is 0 Å². The summed E-state index contributed by atoms with van der Waals surface area (Å²) < 4.78 is 27.8. The minimum Gasteiger partial charge on any atom is -0.131 e. The average Bonchev–Trinajstić information content (AvgIpc) is 1.58. The van der Waals surface area contributed by atoms with E-state index in [1.165, 1.54) is 0 Å². The molecule has 0 heterocycles. The second-order valence-electron chi connectivity index (χ2n) is 0.909. The van der Waals surface area contributed by atoms with E-state index in [0.29, 0.717) is 0 Å². The quantitative estimate of drug-likeness (QED) is 0.587. The summed E-state index contributed by atoms with van der Waals surface area (Å²) in [6, 6.07) is 0. The Kier molecular flexibility index (Phi) is 5.68. The number of halogens is 2. The molecule has 0 aromatic carbocycles. The molecule has 5 nitrogen and oxygen atoms in total. The van der Waals surface area contributed by atoms with Crippen LogP contribution in [0.5, 0.6) is 0 Å². The van der Waals surface area contributed by atoms with Crippen LogP contribution in [0.1, 0.15) is 0 Å². The van der Waals surface area contributed by atoms with Gasteiger partial charge in [0.25, 0.3) is 5.02 Å². The van der Waals surface area contributed by atoms with E-state index in [9.17, 15) is 9.13 Å². The fourth-order valence-electron chi connectivity index (χ4n) is 0.141. The van der Waals surface area contributed by atoms with Crippen LogP contribution in [0.3, 0.4) is 0 Å². The molecule has 0 aromatic heterocycles. The lowest BCUT2D eigenvalue weighted by molar-refractivity contribution is 0.302. The molecule has 58 valence electrons. The zero-order valence-electron chi connectivity index (χ0n) is 4.31. The predicted octanol–water partition coefficient (Wildman–Crippen LogP) is 2.09. The summed E-state index contributed by atoms with van der Waals surface area (Å²) >= 11 is 9.92. The molecule has 2 atom stereocenters. The van der Waals surface area contributed by atoms with Crippen LogP contribution >= 0.6 is 39.7 Å². The molecule has 0 amide bonds. The van der Waals surface area contributed by atoms with E-state index < -0.39 is 21.5 Å². The van der Waals surface area contributed by atoms with Gasteiger partial charge in [-0.05, 0) is 0 Å². The van der Waals surface area contributed by atoms with Gasteiger partial charge in [0.05, 0.1) is 0 Å². The van der Waals surface area contributed by atoms with E-state index in [2.05, 4.69) is 8.83 Å². The summed E-state index contributed by atoms with van der Waals surface area (Å²) in [5, 5.41) is -1.33. The third-order valence-corrected chi connectivity index (χ3v) is 2.20. The molecule has 0 aliphatic heterocycles. The minimum atomic E-state index is -2.95. The summed E-state index contributed by atoms with van der Waals surface area (Å²) in [4.78, 5) is 7.97. The molecule has 10 heavy (non-hydrogen) atoms. The summed E-state index contributed by atoms with van der Waals surface area (Å²) in [6.07, 6.45) is 0. The monoisotopic (exact) mass is 226 g/mol. The summed E-state index contributed by atoms with van der Waals surface area (Å²) in [5.41, 5.74) is 0. The maximum absolute atomic E-state index is 10.3. The van der Waals surface area contributed by atoms with Crippen molar-refractivity contribution in [3.63, 3.8) is 0 Å².